The molecular formula is C19H20ClNO4. The number of halogens is 1. The third-order valence-electron chi connectivity index (χ3n) is 3.81. The monoisotopic (exact) mass is 361 g/mol. The van der Waals surface area contributed by atoms with Gasteiger partial charge in [0.2, 0.25) is 0 Å². The van der Waals surface area contributed by atoms with Crippen LogP contribution in [0.1, 0.15) is 29.8 Å². The lowest BCUT2D eigenvalue weighted by Crippen LogP contribution is -2.30. The van der Waals surface area contributed by atoms with E-state index in [1.807, 2.05) is 6.92 Å². The van der Waals surface area contributed by atoms with Crippen LogP contribution in [0.5, 0.6) is 5.75 Å². The molecule has 2 aromatic rings. The van der Waals surface area contributed by atoms with Gasteiger partial charge in [-0.3, -0.25) is 9.59 Å². The summed E-state index contributed by atoms with van der Waals surface area (Å²) in [5, 5.41) is 12.5. The number of carbonyl (C=O) groups excluding carboxylic acids is 1. The number of benzene rings is 2. The zero-order valence-corrected chi connectivity index (χ0v) is 15.1. The highest BCUT2D eigenvalue weighted by Gasteiger charge is 2.28. The van der Waals surface area contributed by atoms with Crippen LogP contribution < -0.4 is 10.1 Å². The van der Waals surface area contributed by atoms with Crippen molar-refractivity contribution in [2.24, 2.45) is 5.41 Å². The number of ether oxygens (including phenoxy) is 1. The van der Waals surface area contributed by atoms with Crippen molar-refractivity contribution >= 4 is 29.2 Å². The first-order valence-corrected chi connectivity index (χ1v) is 8.11. The van der Waals surface area contributed by atoms with Crippen molar-refractivity contribution < 1.29 is 19.4 Å². The summed E-state index contributed by atoms with van der Waals surface area (Å²) in [5.41, 5.74) is 0.929. The van der Waals surface area contributed by atoms with E-state index in [1.165, 1.54) is 0 Å². The van der Waals surface area contributed by atoms with Gasteiger partial charge in [-0.1, -0.05) is 17.7 Å². The Morgan fingerprint density at radius 1 is 1.16 bits per heavy atom. The number of hydrogen-bond donors (Lipinski definition) is 2. The number of hydrogen-bond acceptors (Lipinski definition) is 3. The molecule has 0 heterocycles. The van der Waals surface area contributed by atoms with Gasteiger partial charge in [0.15, 0.2) is 0 Å². The minimum atomic E-state index is -0.986. The number of amides is 1. The van der Waals surface area contributed by atoms with Gasteiger partial charge in [0.1, 0.15) is 12.4 Å². The number of carboxylic acids is 1. The van der Waals surface area contributed by atoms with Crippen molar-refractivity contribution in [3.8, 4) is 5.75 Å². The molecule has 0 saturated carbocycles. The number of carbonyl (C=O) groups is 2. The van der Waals surface area contributed by atoms with Crippen molar-refractivity contribution in [3.63, 3.8) is 0 Å². The Morgan fingerprint density at radius 2 is 1.80 bits per heavy atom. The van der Waals surface area contributed by atoms with Gasteiger partial charge in [0, 0.05) is 16.3 Å². The van der Waals surface area contributed by atoms with E-state index in [0.29, 0.717) is 22.0 Å². The maximum absolute atomic E-state index is 12.3. The smallest absolute Gasteiger partial charge is 0.312 e. The number of rotatable bonds is 6. The molecule has 0 atom stereocenters. The summed E-state index contributed by atoms with van der Waals surface area (Å²) in [7, 11) is 0. The van der Waals surface area contributed by atoms with Gasteiger partial charge in [0.25, 0.3) is 5.91 Å². The molecule has 5 nitrogen and oxygen atoms in total. The molecule has 0 spiro atoms. The fourth-order valence-corrected chi connectivity index (χ4v) is 2.14. The summed E-state index contributed by atoms with van der Waals surface area (Å²) >= 11 is 6.05. The summed E-state index contributed by atoms with van der Waals surface area (Å²) < 4.78 is 5.49. The van der Waals surface area contributed by atoms with Gasteiger partial charge in [-0.2, -0.15) is 0 Å². The van der Waals surface area contributed by atoms with Crippen molar-refractivity contribution in [2.45, 2.75) is 20.8 Å². The van der Waals surface area contributed by atoms with Crippen LogP contribution >= 0.6 is 11.6 Å². The maximum atomic E-state index is 12.3. The van der Waals surface area contributed by atoms with Crippen molar-refractivity contribution in [1.82, 2.24) is 0 Å². The van der Waals surface area contributed by atoms with Crippen LogP contribution in [0.15, 0.2) is 42.5 Å². The Bertz CT molecular complexity index is 785. The zero-order valence-electron chi connectivity index (χ0n) is 14.3. The summed E-state index contributed by atoms with van der Waals surface area (Å²) in [6, 6.07) is 11.8. The van der Waals surface area contributed by atoms with Crippen molar-refractivity contribution in [1.29, 1.82) is 0 Å². The molecule has 0 bridgehead atoms. The Morgan fingerprint density at radius 3 is 2.40 bits per heavy atom. The fourth-order valence-electron chi connectivity index (χ4n) is 1.97. The first-order valence-electron chi connectivity index (χ1n) is 7.73. The number of nitrogens with one attached hydrogen (secondary N) is 1. The van der Waals surface area contributed by atoms with Crippen LogP contribution in [-0.4, -0.2) is 23.6 Å². The van der Waals surface area contributed by atoms with Gasteiger partial charge in [-0.25, -0.2) is 0 Å². The van der Waals surface area contributed by atoms with Gasteiger partial charge in [-0.15, -0.1) is 0 Å². The highest BCUT2D eigenvalue weighted by atomic mass is 35.5. The molecule has 132 valence electrons. The first-order chi connectivity index (χ1) is 11.7. The fraction of sp³-hybridized carbons (Fsp3) is 0.263. The van der Waals surface area contributed by atoms with Crippen LogP contribution in [0.4, 0.5) is 5.69 Å². The largest absolute Gasteiger partial charge is 0.492 e. The predicted octanol–water partition coefficient (Wildman–Crippen LogP) is 4.39. The highest BCUT2D eigenvalue weighted by Crippen LogP contribution is 2.24. The molecule has 1 amide bonds. The molecule has 2 N–H and O–H groups in total. The minimum Gasteiger partial charge on any atom is -0.492 e. The van der Waals surface area contributed by atoms with Crippen LogP contribution in [0.25, 0.3) is 0 Å². The molecular weight excluding hydrogens is 342 g/mol. The lowest BCUT2D eigenvalue weighted by Gasteiger charge is -2.19. The summed E-state index contributed by atoms with van der Waals surface area (Å²) in [5.74, 6) is -0.687. The molecule has 0 aliphatic rings. The molecule has 0 aromatic heterocycles. The van der Waals surface area contributed by atoms with Crippen LogP contribution in [0, 0.1) is 12.3 Å². The molecule has 0 radical (unpaired) electrons. The number of carboxylic acid groups (broad SMARTS) is 1. The van der Waals surface area contributed by atoms with Crippen molar-refractivity contribution in [2.75, 3.05) is 11.9 Å². The zero-order chi connectivity index (χ0) is 18.6. The Labute approximate surface area is 151 Å². The van der Waals surface area contributed by atoms with E-state index < -0.39 is 11.4 Å². The summed E-state index contributed by atoms with van der Waals surface area (Å²) in [6.07, 6.45) is 0. The molecule has 6 heteroatoms. The molecule has 0 unspecified atom stereocenters. The summed E-state index contributed by atoms with van der Waals surface area (Å²) in [6.45, 7) is 5.05. The Hall–Kier alpha value is -2.53. The average molecular weight is 362 g/mol. The topological polar surface area (TPSA) is 75.6 Å². The third-order valence-corrected chi connectivity index (χ3v) is 4.22. The van der Waals surface area contributed by atoms with Crippen LogP contribution in [0.3, 0.4) is 0 Å². The maximum Gasteiger partial charge on any atom is 0.312 e. The highest BCUT2D eigenvalue weighted by molar-refractivity contribution is 6.31. The van der Waals surface area contributed by atoms with Gasteiger partial charge in [0.05, 0.1) is 5.41 Å². The Balaban J connectivity index is 2.03. The van der Waals surface area contributed by atoms with E-state index in [9.17, 15) is 9.59 Å². The van der Waals surface area contributed by atoms with Gasteiger partial charge in [-0.05, 0) is 62.7 Å². The van der Waals surface area contributed by atoms with Crippen LogP contribution in [-0.2, 0) is 4.79 Å². The van der Waals surface area contributed by atoms with E-state index in [1.54, 1.807) is 56.3 Å². The van der Waals surface area contributed by atoms with E-state index in [2.05, 4.69) is 5.32 Å². The second-order valence-corrected chi connectivity index (χ2v) is 6.78. The predicted molar refractivity (Wildman–Crippen MR) is 97.5 cm³/mol. The molecule has 0 saturated heterocycles. The third kappa shape index (κ3) is 4.73. The van der Waals surface area contributed by atoms with Crippen molar-refractivity contribution in [3.05, 3.63) is 58.6 Å². The minimum absolute atomic E-state index is 0.0373. The van der Waals surface area contributed by atoms with E-state index in [-0.39, 0.29) is 12.5 Å². The van der Waals surface area contributed by atoms with E-state index in [0.717, 1.165) is 5.56 Å². The first kappa shape index (κ1) is 18.8. The number of aliphatic carboxylic acids is 1. The molecule has 0 aliphatic carbocycles. The van der Waals surface area contributed by atoms with E-state index >= 15 is 0 Å². The lowest BCUT2D eigenvalue weighted by atomic mass is 9.95. The second-order valence-electron chi connectivity index (χ2n) is 6.37. The summed E-state index contributed by atoms with van der Waals surface area (Å²) in [4.78, 5) is 23.4. The standard InChI is InChI=1S/C19H20ClNO4/c1-12-15(20)5-4-6-16(12)21-17(22)13-7-9-14(10-8-13)25-11-19(2,3)18(23)24/h4-10H,11H2,1-3H3,(H,21,22)(H,23,24). The van der Waals surface area contributed by atoms with Crippen LogP contribution in [0.2, 0.25) is 5.02 Å². The van der Waals surface area contributed by atoms with Gasteiger partial charge >= 0.3 is 5.97 Å². The van der Waals surface area contributed by atoms with Gasteiger partial charge < -0.3 is 15.2 Å². The molecule has 2 aromatic carbocycles. The quantitative estimate of drug-likeness (QED) is 0.800. The SMILES string of the molecule is Cc1c(Cl)cccc1NC(=O)c1ccc(OCC(C)(C)C(=O)O)cc1. The lowest BCUT2D eigenvalue weighted by molar-refractivity contribution is -0.148. The average Bonchev–Trinajstić information content (AvgIpc) is 2.57. The van der Waals surface area contributed by atoms with E-state index in [4.69, 9.17) is 21.4 Å². The molecule has 25 heavy (non-hydrogen) atoms. The number of anilines is 1. The second kappa shape index (κ2) is 7.57. The molecule has 0 aliphatic heterocycles. The molecule has 2 rings (SSSR count). The normalized spacial score (nSPS) is 11.0. The molecule has 0 fully saturated rings. The Kier molecular flexibility index (Phi) is 5.69.